The van der Waals surface area contributed by atoms with Crippen LogP contribution in [0.4, 0.5) is 5.69 Å². The monoisotopic (exact) mass is 539 g/mol. The fourth-order valence-corrected chi connectivity index (χ4v) is 4.76. The second-order valence-electron chi connectivity index (χ2n) is 7.33. The topological polar surface area (TPSA) is 82.1 Å². The second kappa shape index (κ2) is 11.4. The summed E-state index contributed by atoms with van der Waals surface area (Å²) in [6.45, 7) is -0.434. The molecule has 4 rings (SSSR count). The number of nitrogens with zero attached hydrogens (tertiary/aromatic N) is 1. The third-order valence-electron chi connectivity index (χ3n) is 4.97. The molecule has 0 aliphatic carbocycles. The standard InChI is InChI=1S/C26H18ClNO6S2/c1-32-22-11-16(12-23-25(31)28(26(35)36-23)19-5-3-2-4-6-19)7-10-20(22)33-15-24(30)34-21-13-18(27)9-8-17(21)14-29/h2-14H,15H2,1H3. The molecule has 0 aromatic heterocycles. The molecule has 0 radical (unpaired) electrons. The Labute approximate surface area is 221 Å². The Kier molecular flexibility index (Phi) is 8.04. The van der Waals surface area contributed by atoms with Crippen molar-refractivity contribution in [1.29, 1.82) is 0 Å². The van der Waals surface area contributed by atoms with Gasteiger partial charge >= 0.3 is 5.97 Å². The van der Waals surface area contributed by atoms with Crippen LogP contribution in [0.2, 0.25) is 5.02 Å². The minimum atomic E-state index is -0.726. The predicted molar refractivity (Wildman–Crippen MR) is 143 cm³/mol. The fraction of sp³-hybridized carbons (Fsp3) is 0.0769. The summed E-state index contributed by atoms with van der Waals surface area (Å²) in [5.74, 6) is -0.247. The van der Waals surface area contributed by atoms with Crippen molar-refractivity contribution < 1.29 is 28.6 Å². The van der Waals surface area contributed by atoms with Gasteiger partial charge < -0.3 is 14.2 Å². The zero-order valence-corrected chi connectivity index (χ0v) is 21.2. The van der Waals surface area contributed by atoms with Crippen LogP contribution in [0.15, 0.2) is 71.6 Å². The number of hydrogen-bond donors (Lipinski definition) is 0. The largest absolute Gasteiger partial charge is 0.493 e. The zero-order valence-electron chi connectivity index (χ0n) is 18.8. The normalized spacial score (nSPS) is 14.2. The Hall–Kier alpha value is -3.66. The van der Waals surface area contributed by atoms with E-state index in [1.54, 1.807) is 24.3 Å². The zero-order chi connectivity index (χ0) is 25.7. The smallest absolute Gasteiger partial charge is 0.349 e. The van der Waals surface area contributed by atoms with Crippen molar-refractivity contribution in [3.05, 3.63) is 87.8 Å². The quantitative estimate of drug-likeness (QED) is 0.121. The SMILES string of the molecule is COc1cc(C=C2SC(=S)N(c3ccccc3)C2=O)ccc1OCC(=O)Oc1cc(Cl)ccc1C=O. The molecular formula is C26H18ClNO6S2. The van der Waals surface area contributed by atoms with Crippen LogP contribution in [-0.2, 0) is 9.59 Å². The minimum Gasteiger partial charge on any atom is -0.493 e. The Morgan fingerprint density at radius 1 is 1.06 bits per heavy atom. The van der Waals surface area contributed by atoms with Gasteiger partial charge in [-0.3, -0.25) is 14.5 Å². The maximum absolute atomic E-state index is 12.9. The number of thiocarbonyl (C=S) groups is 1. The predicted octanol–water partition coefficient (Wildman–Crippen LogP) is 5.55. The molecule has 36 heavy (non-hydrogen) atoms. The molecule has 10 heteroatoms. The first kappa shape index (κ1) is 25.4. The highest BCUT2D eigenvalue weighted by Gasteiger charge is 2.33. The molecule has 1 aliphatic heterocycles. The van der Waals surface area contributed by atoms with Crippen LogP contribution in [0.1, 0.15) is 15.9 Å². The van der Waals surface area contributed by atoms with Crippen LogP contribution in [-0.4, -0.2) is 36.2 Å². The van der Waals surface area contributed by atoms with Gasteiger partial charge in [0.2, 0.25) is 0 Å². The summed E-state index contributed by atoms with van der Waals surface area (Å²) in [7, 11) is 1.46. The number of benzene rings is 3. The Morgan fingerprint density at radius 3 is 2.56 bits per heavy atom. The molecule has 1 amide bonds. The van der Waals surface area contributed by atoms with E-state index >= 15 is 0 Å². The lowest BCUT2D eigenvalue weighted by Crippen LogP contribution is -2.27. The first-order valence-corrected chi connectivity index (χ1v) is 12.1. The van der Waals surface area contributed by atoms with E-state index < -0.39 is 12.6 Å². The summed E-state index contributed by atoms with van der Waals surface area (Å²) < 4.78 is 16.6. The van der Waals surface area contributed by atoms with Crippen LogP contribution < -0.4 is 19.1 Å². The molecule has 0 saturated carbocycles. The van der Waals surface area contributed by atoms with Gasteiger partial charge in [-0.1, -0.05) is 59.8 Å². The number of amides is 1. The number of ether oxygens (including phenoxy) is 3. The number of carbonyl (C=O) groups is 3. The van der Waals surface area contributed by atoms with Crippen LogP contribution >= 0.6 is 35.6 Å². The number of aldehydes is 1. The van der Waals surface area contributed by atoms with E-state index in [1.165, 1.54) is 42.0 Å². The molecule has 0 unspecified atom stereocenters. The van der Waals surface area contributed by atoms with Crippen molar-refractivity contribution in [3.8, 4) is 17.2 Å². The maximum atomic E-state index is 12.9. The summed E-state index contributed by atoms with van der Waals surface area (Å²) in [4.78, 5) is 38.3. The van der Waals surface area contributed by atoms with Crippen molar-refractivity contribution in [3.63, 3.8) is 0 Å². The highest BCUT2D eigenvalue weighted by atomic mass is 35.5. The molecule has 0 atom stereocenters. The van der Waals surface area contributed by atoms with E-state index in [4.69, 9.17) is 38.0 Å². The van der Waals surface area contributed by atoms with Crippen molar-refractivity contribution in [2.75, 3.05) is 18.6 Å². The van der Waals surface area contributed by atoms with Crippen LogP contribution in [0, 0.1) is 0 Å². The molecule has 1 heterocycles. The van der Waals surface area contributed by atoms with Gasteiger partial charge in [0.05, 0.1) is 23.3 Å². The average molecular weight is 540 g/mol. The van der Waals surface area contributed by atoms with Gasteiger partial charge in [0.15, 0.2) is 28.7 Å². The molecule has 182 valence electrons. The van der Waals surface area contributed by atoms with Gasteiger partial charge in [0, 0.05) is 11.1 Å². The summed E-state index contributed by atoms with van der Waals surface area (Å²) in [6, 6.07) is 18.5. The van der Waals surface area contributed by atoms with E-state index in [9.17, 15) is 14.4 Å². The molecule has 7 nitrogen and oxygen atoms in total. The third kappa shape index (κ3) is 5.76. The summed E-state index contributed by atoms with van der Waals surface area (Å²) in [5, 5.41) is 0.322. The summed E-state index contributed by atoms with van der Waals surface area (Å²) in [6.07, 6.45) is 2.28. The lowest BCUT2D eigenvalue weighted by atomic mass is 10.2. The number of hydrogen-bond acceptors (Lipinski definition) is 8. The van der Waals surface area contributed by atoms with Crippen LogP contribution in [0.25, 0.3) is 6.08 Å². The first-order valence-electron chi connectivity index (χ1n) is 10.5. The Bertz CT molecular complexity index is 1380. The van der Waals surface area contributed by atoms with Crippen molar-refractivity contribution >= 4 is 69.8 Å². The van der Waals surface area contributed by atoms with Gasteiger partial charge in [-0.25, -0.2) is 4.79 Å². The minimum absolute atomic E-state index is 0.0428. The van der Waals surface area contributed by atoms with Crippen molar-refractivity contribution in [2.24, 2.45) is 0 Å². The Balaban J connectivity index is 1.45. The lowest BCUT2D eigenvalue weighted by molar-refractivity contribution is -0.136. The average Bonchev–Trinajstić information content (AvgIpc) is 3.16. The number of para-hydroxylation sites is 1. The third-order valence-corrected chi connectivity index (χ3v) is 6.50. The summed E-state index contributed by atoms with van der Waals surface area (Å²) in [5.41, 5.74) is 1.58. The van der Waals surface area contributed by atoms with E-state index in [-0.39, 0.29) is 17.2 Å². The highest BCUT2D eigenvalue weighted by Crippen LogP contribution is 2.37. The van der Waals surface area contributed by atoms with E-state index in [0.717, 1.165) is 0 Å². The van der Waals surface area contributed by atoms with Gasteiger partial charge in [-0.05, 0) is 48.0 Å². The lowest BCUT2D eigenvalue weighted by Gasteiger charge is -2.14. The van der Waals surface area contributed by atoms with Crippen LogP contribution in [0.5, 0.6) is 17.2 Å². The molecule has 3 aromatic rings. The molecule has 1 fully saturated rings. The Morgan fingerprint density at radius 2 is 1.83 bits per heavy atom. The van der Waals surface area contributed by atoms with E-state index in [2.05, 4.69) is 0 Å². The van der Waals surface area contributed by atoms with Gasteiger partial charge in [0.1, 0.15) is 5.75 Å². The highest BCUT2D eigenvalue weighted by molar-refractivity contribution is 8.27. The number of methoxy groups -OCH3 is 1. The molecule has 0 bridgehead atoms. The van der Waals surface area contributed by atoms with Gasteiger partial charge in [0.25, 0.3) is 5.91 Å². The fourth-order valence-electron chi connectivity index (χ4n) is 3.29. The molecule has 1 aliphatic rings. The first-order chi connectivity index (χ1) is 17.4. The number of esters is 1. The van der Waals surface area contributed by atoms with E-state index in [1.807, 2.05) is 30.3 Å². The number of halogens is 1. The molecule has 1 saturated heterocycles. The maximum Gasteiger partial charge on any atom is 0.349 e. The van der Waals surface area contributed by atoms with Crippen molar-refractivity contribution in [2.45, 2.75) is 0 Å². The second-order valence-corrected chi connectivity index (χ2v) is 9.44. The number of thioether (sulfide) groups is 1. The number of carbonyl (C=O) groups excluding carboxylic acids is 3. The van der Waals surface area contributed by atoms with Gasteiger partial charge in [-0.15, -0.1) is 0 Å². The van der Waals surface area contributed by atoms with Gasteiger partial charge in [-0.2, -0.15) is 0 Å². The molecule has 3 aromatic carbocycles. The van der Waals surface area contributed by atoms with Crippen molar-refractivity contribution in [1.82, 2.24) is 0 Å². The molecular weight excluding hydrogens is 522 g/mol. The van der Waals surface area contributed by atoms with Crippen LogP contribution in [0.3, 0.4) is 0 Å². The molecule has 0 N–H and O–H groups in total. The van der Waals surface area contributed by atoms with E-state index in [0.29, 0.717) is 43.3 Å². The molecule has 0 spiro atoms. The number of anilines is 1. The summed E-state index contributed by atoms with van der Waals surface area (Å²) >= 11 is 12.5. The number of rotatable bonds is 8.